The fourth-order valence-corrected chi connectivity index (χ4v) is 3.38. The summed E-state index contributed by atoms with van der Waals surface area (Å²) in [6.07, 6.45) is 2.54. The number of halogens is 2. The third kappa shape index (κ3) is 4.33. The third-order valence-corrected chi connectivity index (χ3v) is 4.48. The maximum atomic E-state index is 13.8. The largest absolute Gasteiger partial charge is 0.396 e. The molecule has 0 saturated carbocycles. The molecule has 1 atom stereocenters. The van der Waals surface area contributed by atoms with Crippen LogP contribution in [-0.4, -0.2) is 14.5 Å². The Balaban J connectivity index is 3.01. The number of unbranched alkanes of at least 4 members (excludes halogenated alkanes) is 1. The highest BCUT2D eigenvalue weighted by Gasteiger charge is 2.23. The third-order valence-electron chi connectivity index (χ3n) is 2.67. The summed E-state index contributed by atoms with van der Waals surface area (Å²) in [4.78, 5) is -0.513. The van der Waals surface area contributed by atoms with Crippen LogP contribution in [-0.2, 0) is 10.0 Å². The van der Waals surface area contributed by atoms with Crippen LogP contribution >= 0.6 is 11.6 Å². The number of nitrogens with one attached hydrogen (secondary N) is 1. The summed E-state index contributed by atoms with van der Waals surface area (Å²) in [7, 11) is -3.96. The Hall–Kier alpha value is -0.850. The predicted octanol–water partition coefficient (Wildman–Crippen LogP) is 2.92. The molecule has 0 amide bonds. The van der Waals surface area contributed by atoms with E-state index in [9.17, 15) is 12.8 Å². The van der Waals surface area contributed by atoms with Crippen LogP contribution in [0, 0.1) is 5.82 Å². The van der Waals surface area contributed by atoms with E-state index in [0.29, 0.717) is 6.42 Å². The van der Waals surface area contributed by atoms with Gasteiger partial charge in [-0.2, -0.15) is 0 Å². The molecule has 4 nitrogen and oxygen atoms in total. The van der Waals surface area contributed by atoms with Crippen molar-refractivity contribution in [3.63, 3.8) is 0 Å². The van der Waals surface area contributed by atoms with Gasteiger partial charge in [0, 0.05) is 11.1 Å². The van der Waals surface area contributed by atoms with E-state index in [1.807, 2.05) is 6.92 Å². The Bertz CT molecular complexity index is 549. The van der Waals surface area contributed by atoms with Crippen molar-refractivity contribution in [1.82, 2.24) is 4.72 Å². The molecule has 0 aliphatic heterocycles. The summed E-state index contributed by atoms with van der Waals surface area (Å²) in [6.45, 7) is 3.75. The zero-order chi connectivity index (χ0) is 14.6. The normalized spacial score (nSPS) is 13.5. The van der Waals surface area contributed by atoms with Gasteiger partial charge in [-0.25, -0.2) is 17.5 Å². The molecule has 1 unspecified atom stereocenters. The van der Waals surface area contributed by atoms with E-state index in [1.165, 1.54) is 6.07 Å². The van der Waals surface area contributed by atoms with Gasteiger partial charge in [-0.15, -0.1) is 0 Å². The van der Waals surface area contributed by atoms with Crippen LogP contribution in [0.4, 0.5) is 10.1 Å². The highest BCUT2D eigenvalue weighted by Crippen LogP contribution is 2.25. The van der Waals surface area contributed by atoms with Crippen LogP contribution < -0.4 is 10.5 Å². The number of benzene rings is 1. The lowest BCUT2D eigenvalue weighted by molar-refractivity contribution is 0.525. The smallest absolute Gasteiger partial charge is 0.243 e. The van der Waals surface area contributed by atoms with Crippen molar-refractivity contribution in [2.75, 3.05) is 5.73 Å². The quantitative estimate of drug-likeness (QED) is 0.794. The Kier molecular flexibility index (Phi) is 5.58. The van der Waals surface area contributed by atoms with Gasteiger partial charge in [-0.05, 0) is 25.5 Å². The summed E-state index contributed by atoms with van der Waals surface area (Å²) in [6, 6.07) is 1.96. The minimum Gasteiger partial charge on any atom is -0.396 e. The molecule has 108 valence electrons. The van der Waals surface area contributed by atoms with Crippen molar-refractivity contribution in [3.8, 4) is 0 Å². The molecule has 1 rings (SSSR count). The number of hydrogen-bond donors (Lipinski definition) is 2. The number of rotatable bonds is 6. The van der Waals surface area contributed by atoms with Crippen molar-refractivity contribution in [2.24, 2.45) is 0 Å². The zero-order valence-corrected chi connectivity index (χ0v) is 12.5. The van der Waals surface area contributed by atoms with E-state index in [1.54, 1.807) is 6.92 Å². The molecule has 19 heavy (non-hydrogen) atoms. The minimum atomic E-state index is -3.96. The van der Waals surface area contributed by atoms with Crippen molar-refractivity contribution >= 4 is 27.3 Å². The summed E-state index contributed by atoms with van der Waals surface area (Å²) >= 11 is 5.71. The molecule has 0 saturated heterocycles. The molecular formula is C12H18ClFN2O2S. The average Bonchev–Trinajstić information content (AvgIpc) is 2.30. The first kappa shape index (κ1) is 16.2. The molecular weight excluding hydrogens is 291 g/mol. The van der Waals surface area contributed by atoms with Gasteiger partial charge in [0.25, 0.3) is 0 Å². The summed E-state index contributed by atoms with van der Waals surface area (Å²) in [5.74, 6) is -0.973. The van der Waals surface area contributed by atoms with Gasteiger partial charge in [-0.1, -0.05) is 31.4 Å². The molecule has 0 fully saturated rings. The lowest BCUT2D eigenvalue weighted by atomic mass is 10.2. The second-order valence-electron chi connectivity index (χ2n) is 4.47. The van der Waals surface area contributed by atoms with Crippen LogP contribution in [0.15, 0.2) is 17.0 Å². The molecule has 0 heterocycles. The fourth-order valence-electron chi connectivity index (χ4n) is 1.68. The number of hydrogen-bond acceptors (Lipinski definition) is 3. The molecule has 0 aliphatic rings. The Labute approximate surface area is 118 Å². The van der Waals surface area contributed by atoms with Gasteiger partial charge in [0.2, 0.25) is 10.0 Å². The van der Waals surface area contributed by atoms with E-state index < -0.39 is 20.7 Å². The minimum absolute atomic E-state index is 0.0838. The molecule has 7 heteroatoms. The van der Waals surface area contributed by atoms with Crippen LogP contribution in [0.1, 0.15) is 33.1 Å². The molecule has 0 bridgehead atoms. The van der Waals surface area contributed by atoms with Gasteiger partial charge < -0.3 is 5.73 Å². The van der Waals surface area contributed by atoms with Gasteiger partial charge >= 0.3 is 0 Å². The van der Waals surface area contributed by atoms with Gasteiger partial charge in [0.15, 0.2) is 5.82 Å². The maximum absolute atomic E-state index is 13.8. The lowest BCUT2D eigenvalue weighted by Gasteiger charge is -2.15. The monoisotopic (exact) mass is 308 g/mol. The standard InChI is InChI=1S/C12H18ClFN2O2S/c1-3-4-5-8(2)16-19(17,18)11-7-9(13)6-10(15)12(11)14/h6-8,16H,3-5,15H2,1-2H3. The molecule has 0 aliphatic carbocycles. The second-order valence-corrected chi connectivity index (χ2v) is 6.59. The van der Waals surface area contributed by atoms with Crippen LogP contribution in [0.3, 0.4) is 0 Å². The molecule has 3 N–H and O–H groups in total. The van der Waals surface area contributed by atoms with Crippen LogP contribution in [0.2, 0.25) is 5.02 Å². The van der Waals surface area contributed by atoms with Crippen molar-refractivity contribution in [2.45, 2.75) is 44.0 Å². The van der Waals surface area contributed by atoms with E-state index in [0.717, 1.165) is 18.9 Å². The van der Waals surface area contributed by atoms with Gasteiger partial charge in [-0.3, -0.25) is 0 Å². The summed E-state index contributed by atoms with van der Waals surface area (Å²) < 4.78 is 40.3. The topological polar surface area (TPSA) is 72.2 Å². The second kappa shape index (κ2) is 6.54. The number of sulfonamides is 1. The molecule has 0 spiro atoms. The van der Waals surface area contributed by atoms with E-state index >= 15 is 0 Å². The summed E-state index contributed by atoms with van der Waals surface area (Å²) in [5.41, 5.74) is 5.09. The number of anilines is 1. The van der Waals surface area contributed by atoms with Crippen molar-refractivity contribution in [3.05, 3.63) is 23.0 Å². The van der Waals surface area contributed by atoms with Crippen LogP contribution in [0.5, 0.6) is 0 Å². The Morgan fingerprint density at radius 3 is 2.68 bits per heavy atom. The molecule has 1 aromatic carbocycles. The Morgan fingerprint density at radius 1 is 1.47 bits per heavy atom. The number of nitrogens with two attached hydrogens (primary N) is 1. The van der Waals surface area contributed by atoms with E-state index in [4.69, 9.17) is 17.3 Å². The van der Waals surface area contributed by atoms with Gasteiger partial charge in [0.05, 0.1) is 5.69 Å². The lowest BCUT2D eigenvalue weighted by Crippen LogP contribution is -2.33. The first-order chi connectivity index (χ1) is 8.77. The zero-order valence-electron chi connectivity index (χ0n) is 10.9. The van der Waals surface area contributed by atoms with E-state index in [-0.39, 0.29) is 16.8 Å². The number of nitrogen functional groups attached to an aromatic ring is 1. The predicted molar refractivity (Wildman–Crippen MR) is 75.1 cm³/mol. The molecule has 1 aromatic rings. The average molecular weight is 309 g/mol. The highest BCUT2D eigenvalue weighted by molar-refractivity contribution is 7.89. The Morgan fingerprint density at radius 2 is 2.11 bits per heavy atom. The van der Waals surface area contributed by atoms with E-state index in [2.05, 4.69) is 4.72 Å². The first-order valence-corrected chi connectivity index (χ1v) is 7.91. The fraction of sp³-hybridized carbons (Fsp3) is 0.500. The SMILES string of the molecule is CCCCC(C)NS(=O)(=O)c1cc(Cl)cc(N)c1F. The van der Waals surface area contributed by atoms with Crippen LogP contribution in [0.25, 0.3) is 0 Å². The van der Waals surface area contributed by atoms with Gasteiger partial charge in [0.1, 0.15) is 4.90 Å². The highest BCUT2D eigenvalue weighted by atomic mass is 35.5. The first-order valence-electron chi connectivity index (χ1n) is 6.04. The maximum Gasteiger partial charge on any atom is 0.243 e. The molecule has 0 radical (unpaired) electrons. The van der Waals surface area contributed by atoms with Crippen molar-refractivity contribution in [1.29, 1.82) is 0 Å². The molecule has 0 aromatic heterocycles. The van der Waals surface area contributed by atoms with Crippen molar-refractivity contribution < 1.29 is 12.8 Å². The summed E-state index contributed by atoms with van der Waals surface area (Å²) in [5, 5.41) is 0.0838.